The van der Waals surface area contributed by atoms with Crippen molar-refractivity contribution in [1.29, 1.82) is 0 Å². The van der Waals surface area contributed by atoms with E-state index in [1.807, 2.05) is 20.0 Å². The highest BCUT2D eigenvalue weighted by molar-refractivity contribution is 8.00. The highest BCUT2D eigenvalue weighted by Crippen LogP contribution is 2.29. The second kappa shape index (κ2) is 6.30. The van der Waals surface area contributed by atoms with E-state index >= 15 is 0 Å². The van der Waals surface area contributed by atoms with Crippen LogP contribution in [0.25, 0.3) is 0 Å². The molecule has 1 rings (SSSR count). The molecular formula is C10H16F3N3S. The molecule has 3 nitrogen and oxygen atoms in total. The first-order valence-corrected chi connectivity index (χ1v) is 6.34. The van der Waals surface area contributed by atoms with Crippen LogP contribution in [0.15, 0.2) is 6.07 Å². The SMILES string of the molecule is CCc1cc(CNCCSC(F)(F)F)n(C)n1. The van der Waals surface area contributed by atoms with Gasteiger partial charge in [0, 0.05) is 25.9 Å². The van der Waals surface area contributed by atoms with Crippen molar-refractivity contribution < 1.29 is 13.2 Å². The van der Waals surface area contributed by atoms with Gasteiger partial charge in [-0.25, -0.2) is 0 Å². The molecule has 1 N–H and O–H groups in total. The number of halogens is 3. The van der Waals surface area contributed by atoms with Crippen LogP contribution in [0.4, 0.5) is 13.2 Å². The molecule has 0 fully saturated rings. The number of hydrogen-bond acceptors (Lipinski definition) is 3. The van der Waals surface area contributed by atoms with E-state index in [4.69, 9.17) is 0 Å². The Hall–Kier alpha value is -0.690. The van der Waals surface area contributed by atoms with Gasteiger partial charge < -0.3 is 5.32 Å². The Kier molecular flexibility index (Phi) is 5.32. The summed E-state index contributed by atoms with van der Waals surface area (Å²) in [6.07, 6.45) is 0.859. The number of nitrogens with one attached hydrogen (secondary N) is 1. The van der Waals surface area contributed by atoms with E-state index in [9.17, 15) is 13.2 Å². The molecule has 1 heterocycles. The molecule has 0 radical (unpaired) electrons. The zero-order valence-electron chi connectivity index (χ0n) is 9.84. The lowest BCUT2D eigenvalue weighted by atomic mass is 10.3. The van der Waals surface area contributed by atoms with Crippen LogP contribution in [0.1, 0.15) is 18.3 Å². The first kappa shape index (κ1) is 14.4. The summed E-state index contributed by atoms with van der Waals surface area (Å²) < 4.78 is 37.3. The van der Waals surface area contributed by atoms with Crippen molar-refractivity contribution in [1.82, 2.24) is 15.1 Å². The molecule has 0 unspecified atom stereocenters. The van der Waals surface area contributed by atoms with E-state index in [1.54, 1.807) is 4.68 Å². The van der Waals surface area contributed by atoms with Crippen molar-refractivity contribution in [2.75, 3.05) is 12.3 Å². The second-order valence-corrected chi connectivity index (χ2v) is 4.73. The fourth-order valence-electron chi connectivity index (χ4n) is 1.37. The average Bonchev–Trinajstić information content (AvgIpc) is 2.57. The van der Waals surface area contributed by atoms with Crippen LogP contribution in [0, 0.1) is 0 Å². The second-order valence-electron chi connectivity index (χ2n) is 3.58. The molecule has 0 spiro atoms. The minimum absolute atomic E-state index is 0.00231. The number of thioether (sulfide) groups is 1. The third-order valence-electron chi connectivity index (χ3n) is 2.24. The number of aromatic nitrogens is 2. The number of rotatable bonds is 6. The third kappa shape index (κ3) is 5.45. The molecule has 0 saturated heterocycles. The highest BCUT2D eigenvalue weighted by atomic mass is 32.2. The van der Waals surface area contributed by atoms with E-state index in [-0.39, 0.29) is 17.5 Å². The Bertz CT molecular complexity index is 349. The first-order chi connectivity index (χ1) is 7.92. The fourth-order valence-corrected chi connectivity index (χ4v) is 1.84. The van der Waals surface area contributed by atoms with E-state index in [1.165, 1.54) is 0 Å². The van der Waals surface area contributed by atoms with Gasteiger partial charge in [0.1, 0.15) is 0 Å². The lowest BCUT2D eigenvalue weighted by molar-refractivity contribution is -0.0327. The summed E-state index contributed by atoms with van der Waals surface area (Å²) in [5.41, 5.74) is -2.16. The maximum absolute atomic E-state index is 11.8. The van der Waals surface area contributed by atoms with Crippen LogP contribution in [-0.4, -0.2) is 27.6 Å². The Morgan fingerprint density at radius 1 is 1.47 bits per heavy atom. The van der Waals surface area contributed by atoms with Gasteiger partial charge in [-0.1, -0.05) is 6.92 Å². The molecule has 1 aromatic rings. The van der Waals surface area contributed by atoms with E-state index in [2.05, 4.69) is 10.4 Å². The van der Waals surface area contributed by atoms with Crippen molar-refractivity contribution in [2.24, 2.45) is 7.05 Å². The molecule has 0 aliphatic heterocycles. The molecule has 0 aromatic carbocycles. The molecule has 0 aliphatic rings. The number of hydrogen-bond donors (Lipinski definition) is 1. The predicted octanol–water partition coefficient (Wildman–Crippen LogP) is 2.33. The predicted molar refractivity (Wildman–Crippen MR) is 62.8 cm³/mol. The van der Waals surface area contributed by atoms with Gasteiger partial charge in [0.05, 0.1) is 11.4 Å². The molecule has 0 saturated carbocycles. The topological polar surface area (TPSA) is 29.9 Å². The quantitative estimate of drug-likeness (QED) is 0.802. The zero-order chi connectivity index (χ0) is 12.9. The Morgan fingerprint density at radius 3 is 2.71 bits per heavy atom. The summed E-state index contributed by atoms with van der Waals surface area (Å²) in [7, 11) is 1.83. The highest BCUT2D eigenvalue weighted by Gasteiger charge is 2.27. The van der Waals surface area contributed by atoms with Gasteiger partial charge in [0.2, 0.25) is 0 Å². The Balaban J connectivity index is 2.24. The molecule has 1 aromatic heterocycles. The molecule has 17 heavy (non-hydrogen) atoms. The van der Waals surface area contributed by atoms with Gasteiger partial charge >= 0.3 is 5.51 Å². The van der Waals surface area contributed by atoms with Gasteiger partial charge in [-0.3, -0.25) is 4.68 Å². The van der Waals surface area contributed by atoms with Crippen molar-refractivity contribution >= 4 is 11.8 Å². The maximum Gasteiger partial charge on any atom is 0.441 e. The molecule has 0 atom stereocenters. The maximum atomic E-state index is 11.8. The number of nitrogens with zero attached hydrogens (tertiary/aromatic N) is 2. The van der Waals surface area contributed by atoms with Crippen LogP contribution in [0.5, 0.6) is 0 Å². The van der Waals surface area contributed by atoms with Gasteiger partial charge in [0.15, 0.2) is 0 Å². The monoisotopic (exact) mass is 267 g/mol. The lowest BCUT2D eigenvalue weighted by Gasteiger charge is -2.06. The normalized spacial score (nSPS) is 12.1. The summed E-state index contributed by atoms with van der Waals surface area (Å²) in [6.45, 7) is 2.89. The van der Waals surface area contributed by atoms with Crippen LogP contribution in [0.2, 0.25) is 0 Å². The molecule has 7 heteroatoms. The Morgan fingerprint density at radius 2 is 2.18 bits per heavy atom. The van der Waals surface area contributed by atoms with Crippen LogP contribution in [0.3, 0.4) is 0 Å². The van der Waals surface area contributed by atoms with E-state index in [0.29, 0.717) is 13.1 Å². The summed E-state index contributed by atoms with van der Waals surface area (Å²) in [6, 6.07) is 1.96. The molecule has 0 bridgehead atoms. The Labute approximate surface area is 103 Å². The number of alkyl halides is 3. The summed E-state index contributed by atoms with van der Waals surface area (Å²) in [5.74, 6) is 0.0297. The van der Waals surface area contributed by atoms with Crippen molar-refractivity contribution in [3.8, 4) is 0 Å². The van der Waals surface area contributed by atoms with Crippen molar-refractivity contribution in [2.45, 2.75) is 25.4 Å². The summed E-state index contributed by atoms with van der Waals surface area (Å²) in [5, 5.41) is 7.23. The van der Waals surface area contributed by atoms with Gasteiger partial charge in [-0.15, -0.1) is 0 Å². The smallest absolute Gasteiger partial charge is 0.310 e. The largest absolute Gasteiger partial charge is 0.441 e. The zero-order valence-corrected chi connectivity index (χ0v) is 10.7. The molecule has 0 aliphatic carbocycles. The minimum atomic E-state index is -4.14. The standard InChI is InChI=1S/C10H16F3N3S/c1-3-8-6-9(16(2)15-8)7-14-4-5-17-10(11,12)13/h6,14H,3-5,7H2,1-2H3. The molecular weight excluding hydrogens is 251 g/mol. The first-order valence-electron chi connectivity index (χ1n) is 5.35. The summed E-state index contributed by atoms with van der Waals surface area (Å²) in [4.78, 5) is 0. The lowest BCUT2D eigenvalue weighted by Crippen LogP contribution is -2.19. The van der Waals surface area contributed by atoms with Crippen molar-refractivity contribution in [3.05, 3.63) is 17.5 Å². The van der Waals surface area contributed by atoms with Crippen LogP contribution < -0.4 is 5.32 Å². The van der Waals surface area contributed by atoms with E-state index in [0.717, 1.165) is 17.8 Å². The molecule has 98 valence electrons. The number of aryl methyl sites for hydroxylation is 2. The van der Waals surface area contributed by atoms with Gasteiger partial charge in [-0.2, -0.15) is 18.3 Å². The molecule has 0 amide bonds. The minimum Gasteiger partial charge on any atom is -0.310 e. The third-order valence-corrected chi connectivity index (χ3v) is 2.98. The van der Waals surface area contributed by atoms with Gasteiger partial charge in [0.25, 0.3) is 0 Å². The van der Waals surface area contributed by atoms with Crippen molar-refractivity contribution in [3.63, 3.8) is 0 Å². The van der Waals surface area contributed by atoms with Gasteiger partial charge in [-0.05, 0) is 24.2 Å². The van der Waals surface area contributed by atoms with Crippen LogP contribution >= 0.6 is 11.8 Å². The van der Waals surface area contributed by atoms with Crippen LogP contribution in [-0.2, 0) is 20.0 Å². The van der Waals surface area contributed by atoms with E-state index < -0.39 is 5.51 Å². The average molecular weight is 267 g/mol. The fraction of sp³-hybridized carbons (Fsp3) is 0.700. The summed E-state index contributed by atoms with van der Waals surface area (Å²) >= 11 is -0.00231.